The van der Waals surface area contributed by atoms with Crippen molar-refractivity contribution in [3.8, 4) is 0 Å². The quantitative estimate of drug-likeness (QED) is 0.507. The van der Waals surface area contributed by atoms with E-state index in [0.717, 1.165) is 12.1 Å². The van der Waals surface area contributed by atoms with Gasteiger partial charge in [0.25, 0.3) is 11.8 Å². The van der Waals surface area contributed by atoms with Gasteiger partial charge in [0, 0.05) is 10.6 Å². The van der Waals surface area contributed by atoms with Gasteiger partial charge in [-0.05, 0) is 30.3 Å². The van der Waals surface area contributed by atoms with E-state index in [9.17, 15) is 22.8 Å². The minimum Gasteiger partial charge on any atom is -0.268 e. The summed E-state index contributed by atoms with van der Waals surface area (Å²) in [6.07, 6.45) is -4.77. The van der Waals surface area contributed by atoms with Crippen LogP contribution in [0, 0.1) is 0 Å². The van der Waals surface area contributed by atoms with E-state index in [0.29, 0.717) is 16.0 Å². The Hall–Kier alpha value is -1.73. The van der Waals surface area contributed by atoms with Gasteiger partial charge in [0.2, 0.25) is 0 Å². The third-order valence-electron chi connectivity index (χ3n) is 3.74. The normalized spacial score (nSPS) is 15.1. The second-order valence-corrected chi connectivity index (χ2v) is 7.05. The van der Waals surface area contributed by atoms with E-state index in [-0.39, 0.29) is 21.8 Å². The highest BCUT2D eigenvalue weighted by Crippen LogP contribution is 2.41. The lowest BCUT2D eigenvalue weighted by Crippen LogP contribution is -2.31. The fourth-order valence-electron chi connectivity index (χ4n) is 2.53. The summed E-state index contributed by atoms with van der Waals surface area (Å²) in [7, 11) is 0. The molecule has 0 N–H and O–H groups in total. The first-order valence-electron chi connectivity index (χ1n) is 7.13. The highest BCUT2D eigenvalue weighted by molar-refractivity contribution is 6.61. The molecule has 140 valence electrons. The molecule has 1 aliphatic heterocycles. The molecule has 1 aliphatic rings. The van der Waals surface area contributed by atoms with Gasteiger partial charge >= 0.3 is 6.18 Å². The molecule has 2 aromatic carbocycles. The number of alkyl halides is 3. The molecule has 27 heavy (non-hydrogen) atoms. The zero-order valence-electron chi connectivity index (χ0n) is 12.9. The van der Waals surface area contributed by atoms with Crippen molar-refractivity contribution in [3.05, 3.63) is 67.6 Å². The predicted octanol–water partition coefficient (Wildman–Crippen LogP) is 6.19. The van der Waals surface area contributed by atoms with Crippen molar-refractivity contribution in [2.75, 3.05) is 4.90 Å². The molecule has 1 heterocycles. The van der Waals surface area contributed by atoms with E-state index in [4.69, 9.17) is 46.4 Å². The Bertz CT molecular complexity index is 1020. The van der Waals surface area contributed by atoms with Crippen molar-refractivity contribution in [3.63, 3.8) is 0 Å². The summed E-state index contributed by atoms with van der Waals surface area (Å²) in [5.74, 6) is -1.89. The summed E-state index contributed by atoms with van der Waals surface area (Å²) in [5.41, 5.74) is -1.60. The van der Waals surface area contributed by atoms with Crippen LogP contribution in [0.2, 0.25) is 15.1 Å². The average molecular weight is 455 g/mol. The Kier molecular flexibility index (Phi) is 5.20. The fourth-order valence-corrected chi connectivity index (χ4v) is 3.53. The number of anilines is 1. The van der Waals surface area contributed by atoms with Crippen LogP contribution in [0.25, 0.3) is 5.57 Å². The Labute approximate surface area is 170 Å². The van der Waals surface area contributed by atoms with Crippen LogP contribution in [-0.2, 0) is 15.8 Å². The molecular formula is C17H6Cl4F3NO2. The summed E-state index contributed by atoms with van der Waals surface area (Å²) < 4.78 is 39.2. The summed E-state index contributed by atoms with van der Waals surface area (Å²) >= 11 is 23.4. The number of amides is 2. The van der Waals surface area contributed by atoms with Crippen molar-refractivity contribution in [2.45, 2.75) is 6.18 Å². The number of benzene rings is 2. The lowest BCUT2D eigenvalue weighted by atomic mass is 10.1. The van der Waals surface area contributed by atoms with Crippen LogP contribution >= 0.6 is 46.4 Å². The number of halogens is 7. The lowest BCUT2D eigenvalue weighted by Gasteiger charge is -2.18. The maximum absolute atomic E-state index is 13.1. The molecule has 0 radical (unpaired) electrons. The molecule has 0 saturated carbocycles. The molecule has 0 bridgehead atoms. The second-order valence-electron chi connectivity index (χ2n) is 5.42. The number of hydrogen-bond acceptors (Lipinski definition) is 2. The Morgan fingerprint density at radius 1 is 0.815 bits per heavy atom. The molecule has 0 saturated heterocycles. The average Bonchev–Trinajstić information content (AvgIpc) is 2.78. The van der Waals surface area contributed by atoms with Gasteiger partial charge in [-0.15, -0.1) is 0 Å². The standard InChI is InChI=1S/C17H6Cl4F3NO2/c18-7-1-3-9(12(20)5-7)13-14(21)16(27)25(15(13)26)8-2-4-11(19)10(6-8)17(22,23)24/h1-6H. The third kappa shape index (κ3) is 3.55. The minimum absolute atomic E-state index is 0.0609. The van der Waals surface area contributed by atoms with Gasteiger partial charge in [0.1, 0.15) is 5.03 Å². The minimum atomic E-state index is -4.77. The Morgan fingerprint density at radius 3 is 2.07 bits per heavy atom. The number of hydrogen-bond donors (Lipinski definition) is 0. The fraction of sp³-hybridized carbons (Fsp3) is 0.0588. The van der Waals surface area contributed by atoms with Gasteiger partial charge in [-0.2, -0.15) is 13.2 Å². The van der Waals surface area contributed by atoms with Crippen LogP contribution in [0.4, 0.5) is 18.9 Å². The number of nitrogens with zero attached hydrogens (tertiary/aromatic N) is 1. The topological polar surface area (TPSA) is 37.4 Å². The van der Waals surface area contributed by atoms with Crippen LogP contribution in [0.1, 0.15) is 11.1 Å². The van der Waals surface area contributed by atoms with Crippen LogP contribution < -0.4 is 4.90 Å². The van der Waals surface area contributed by atoms with Crippen molar-refractivity contribution in [1.29, 1.82) is 0 Å². The van der Waals surface area contributed by atoms with Crippen LogP contribution in [0.3, 0.4) is 0 Å². The molecule has 0 spiro atoms. The van der Waals surface area contributed by atoms with Gasteiger partial charge in [-0.3, -0.25) is 9.59 Å². The van der Waals surface area contributed by atoms with E-state index in [1.807, 2.05) is 0 Å². The SMILES string of the molecule is O=C1C(Cl)=C(c2ccc(Cl)cc2Cl)C(=O)N1c1ccc(Cl)c(C(F)(F)F)c1. The first-order valence-corrected chi connectivity index (χ1v) is 8.64. The van der Waals surface area contributed by atoms with E-state index >= 15 is 0 Å². The highest BCUT2D eigenvalue weighted by atomic mass is 35.5. The van der Waals surface area contributed by atoms with E-state index in [1.54, 1.807) is 0 Å². The van der Waals surface area contributed by atoms with Gasteiger partial charge in [-0.25, -0.2) is 4.90 Å². The second kappa shape index (κ2) is 7.02. The molecule has 0 aliphatic carbocycles. The molecule has 0 unspecified atom stereocenters. The van der Waals surface area contributed by atoms with Crippen molar-refractivity contribution >= 4 is 69.5 Å². The molecule has 3 nitrogen and oxygen atoms in total. The number of carbonyl (C=O) groups is 2. The smallest absolute Gasteiger partial charge is 0.268 e. The molecule has 0 fully saturated rings. The molecule has 2 aromatic rings. The summed E-state index contributed by atoms with van der Waals surface area (Å²) in [5, 5.41) is -0.676. The zero-order chi connectivity index (χ0) is 20.1. The van der Waals surface area contributed by atoms with E-state index in [1.165, 1.54) is 18.2 Å². The Morgan fingerprint density at radius 2 is 1.48 bits per heavy atom. The van der Waals surface area contributed by atoms with Crippen molar-refractivity contribution < 1.29 is 22.8 Å². The first kappa shape index (κ1) is 20.0. The molecule has 3 rings (SSSR count). The maximum atomic E-state index is 13.1. The summed E-state index contributed by atoms with van der Waals surface area (Å²) in [4.78, 5) is 25.8. The van der Waals surface area contributed by atoms with Crippen LogP contribution in [0.5, 0.6) is 0 Å². The largest absolute Gasteiger partial charge is 0.417 e. The monoisotopic (exact) mass is 453 g/mol. The van der Waals surface area contributed by atoms with E-state index in [2.05, 4.69) is 0 Å². The van der Waals surface area contributed by atoms with Crippen molar-refractivity contribution in [2.24, 2.45) is 0 Å². The molecular weight excluding hydrogens is 449 g/mol. The van der Waals surface area contributed by atoms with Gasteiger partial charge in [0.05, 0.1) is 26.9 Å². The van der Waals surface area contributed by atoms with Gasteiger partial charge in [-0.1, -0.05) is 52.5 Å². The lowest BCUT2D eigenvalue weighted by molar-refractivity contribution is -0.137. The molecule has 0 atom stereocenters. The first-order chi connectivity index (χ1) is 12.5. The van der Waals surface area contributed by atoms with Gasteiger partial charge in [0.15, 0.2) is 0 Å². The van der Waals surface area contributed by atoms with Crippen molar-refractivity contribution in [1.82, 2.24) is 0 Å². The zero-order valence-corrected chi connectivity index (χ0v) is 15.9. The molecule has 10 heteroatoms. The highest BCUT2D eigenvalue weighted by Gasteiger charge is 2.41. The van der Waals surface area contributed by atoms with Crippen LogP contribution in [-0.4, -0.2) is 11.8 Å². The number of imide groups is 1. The number of rotatable bonds is 2. The summed E-state index contributed by atoms with van der Waals surface area (Å²) in [6.45, 7) is 0. The molecule has 0 aromatic heterocycles. The van der Waals surface area contributed by atoms with Crippen LogP contribution in [0.15, 0.2) is 41.4 Å². The summed E-state index contributed by atoms with van der Waals surface area (Å²) in [6, 6.07) is 6.84. The third-order valence-corrected chi connectivity index (χ3v) is 4.97. The van der Waals surface area contributed by atoms with Gasteiger partial charge < -0.3 is 0 Å². The van der Waals surface area contributed by atoms with E-state index < -0.39 is 33.6 Å². The predicted molar refractivity (Wildman–Crippen MR) is 98.2 cm³/mol. The Balaban J connectivity index is 2.09. The number of carbonyl (C=O) groups excluding carboxylic acids is 2. The maximum Gasteiger partial charge on any atom is 0.417 e. The molecule has 2 amide bonds.